The molecule has 0 unspecified atom stereocenters. The predicted octanol–water partition coefficient (Wildman–Crippen LogP) is 4.03. The van der Waals surface area contributed by atoms with E-state index in [1.807, 2.05) is 18.2 Å². The van der Waals surface area contributed by atoms with E-state index >= 15 is 0 Å². The van der Waals surface area contributed by atoms with Gasteiger partial charge in [0.1, 0.15) is 0 Å². The van der Waals surface area contributed by atoms with Crippen molar-refractivity contribution in [1.82, 2.24) is 19.5 Å². The van der Waals surface area contributed by atoms with Gasteiger partial charge in [0.25, 0.3) is 0 Å². The molecule has 9 heteroatoms. The largest absolute Gasteiger partial charge is 0.416 e. The van der Waals surface area contributed by atoms with E-state index in [4.69, 9.17) is 0 Å². The van der Waals surface area contributed by atoms with Crippen molar-refractivity contribution >= 4 is 23.3 Å². The topological polar surface area (TPSA) is 50.5 Å². The molecular formula is C19H17F3N4OS. The Morgan fingerprint density at radius 2 is 1.89 bits per heavy atom. The second-order valence-corrected chi connectivity index (χ2v) is 7.55. The minimum absolute atomic E-state index is 0.00420. The van der Waals surface area contributed by atoms with Crippen LogP contribution in [0.25, 0.3) is 5.65 Å². The summed E-state index contributed by atoms with van der Waals surface area (Å²) in [5.41, 5.74) is 0.105. The quantitative estimate of drug-likeness (QED) is 0.580. The van der Waals surface area contributed by atoms with Crippen LogP contribution in [0.1, 0.15) is 24.0 Å². The Morgan fingerprint density at radius 3 is 2.64 bits per heavy atom. The summed E-state index contributed by atoms with van der Waals surface area (Å²) in [4.78, 5) is 14.3. The van der Waals surface area contributed by atoms with Crippen molar-refractivity contribution in [1.29, 1.82) is 0 Å². The van der Waals surface area contributed by atoms with Crippen molar-refractivity contribution in [2.24, 2.45) is 0 Å². The maximum absolute atomic E-state index is 13.3. The molecule has 0 aliphatic heterocycles. The molecule has 0 spiro atoms. The Kier molecular flexibility index (Phi) is 5.01. The van der Waals surface area contributed by atoms with Crippen LogP contribution in [0.5, 0.6) is 0 Å². The molecule has 4 rings (SSSR count). The number of carbonyl (C=O) groups is 1. The lowest BCUT2D eigenvalue weighted by Crippen LogP contribution is -2.34. The number of pyridine rings is 1. The van der Waals surface area contributed by atoms with Gasteiger partial charge < -0.3 is 4.90 Å². The van der Waals surface area contributed by atoms with Crippen molar-refractivity contribution < 1.29 is 18.0 Å². The molecule has 2 heterocycles. The summed E-state index contributed by atoms with van der Waals surface area (Å²) in [6, 6.07) is 10.9. The molecule has 0 N–H and O–H groups in total. The minimum Gasteiger partial charge on any atom is -0.335 e. The number of amides is 1. The van der Waals surface area contributed by atoms with E-state index in [0.717, 1.165) is 18.9 Å². The molecule has 0 bridgehead atoms. The molecule has 1 aliphatic carbocycles. The molecule has 146 valence electrons. The highest BCUT2D eigenvalue weighted by Gasteiger charge is 2.37. The molecule has 0 atom stereocenters. The second kappa shape index (κ2) is 7.46. The van der Waals surface area contributed by atoms with E-state index in [1.165, 1.54) is 23.9 Å². The molecule has 5 nitrogen and oxygen atoms in total. The number of carbonyl (C=O) groups excluding carboxylic acids is 1. The molecule has 3 aromatic rings. The van der Waals surface area contributed by atoms with E-state index in [9.17, 15) is 18.0 Å². The molecule has 28 heavy (non-hydrogen) atoms. The van der Waals surface area contributed by atoms with E-state index in [2.05, 4.69) is 10.2 Å². The fourth-order valence-corrected chi connectivity index (χ4v) is 3.86. The third-order valence-electron chi connectivity index (χ3n) is 4.58. The van der Waals surface area contributed by atoms with Gasteiger partial charge in [0, 0.05) is 18.8 Å². The standard InChI is InChI=1S/C19H17F3N4OS/c20-19(21,22)15-6-2-1-5-13(15)11-26(14-8-9-14)17(27)12-28-18-24-23-16-7-3-4-10-25(16)18/h1-7,10,14H,8-9,11-12H2. The number of fused-ring (bicyclic) bond motifs is 1. The zero-order chi connectivity index (χ0) is 19.7. The first-order valence-corrected chi connectivity index (χ1v) is 9.79. The van der Waals surface area contributed by atoms with Gasteiger partial charge in [0.2, 0.25) is 5.91 Å². The first-order chi connectivity index (χ1) is 13.4. The highest BCUT2D eigenvalue weighted by molar-refractivity contribution is 7.99. The molecule has 1 aromatic carbocycles. The number of nitrogens with zero attached hydrogens (tertiary/aromatic N) is 4. The van der Waals surface area contributed by atoms with Crippen molar-refractivity contribution in [2.45, 2.75) is 36.8 Å². The van der Waals surface area contributed by atoms with Gasteiger partial charge in [-0.15, -0.1) is 10.2 Å². The lowest BCUT2D eigenvalue weighted by molar-refractivity contribution is -0.139. The van der Waals surface area contributed by atoms with Crippen LogP contribution in [0.15, 0.2) is 53.8 Å². The van der Waals surface area contributed by atoms with Gasteiger partial charge >= 0.3 is 6.18 Å². The average Bonchev–Trinajstić information content (AvgIpc) is 3.43. The zero-order valence-corrected chi connectivity index (χ0v) is 15.6. The van der Waals surface area contributed by atoms with Crippen molar-refractivity contribution in [2.75, 3.05) is 5.75 Å². The van der Waals surface area contributed by atoms with E-state index in [-0.39, 0.29) is 29.8 Å². The number of hydrogen-bond acceptors (Lipinski definition) is 4. The lowest BCUT2D eigenvalue weighted by atomic mass is 10.1. The number of thioether (sulfide) groups is 1. The van der Waals surface area contributed by atoms with Crippen LogP contribution in [-0.4, -0.2) is 37.2 Å². The zero-order valence-electron chi connectivity index (χ0n) is 14.8. The van der Waals surface area contributed by atoms with Crippen LogP contribution in [0.2, 0.25) is 0 Å². The number of hydrogen-bond donors (Lipinski definition) is 0. The number of halogens is 3. The molecule has 1 amide bonds. The smallest absolute Gasteiger partial charge is 0.335 e. The van der Waals surface area contributed by atoms with Crippen LogP contribution >= 0.6 is 11.8 Å². The van der Waals surface area contributed by atoms with Gasteiger partial charge in [-0.3, -0.25) is 9.20 Å². The Hall–Kier alpha value is -2.55. The molecule has 0 radical (unpaired) electrons. The molecular weight excluding hydrogens is 389 g/mol. The average molecular weight is 406 g/mol. The van der Waals surface area contributed by atoms with Crippen molar-refractivity contribution in [3.05, 3.63) is 59.8 Å². The maximum atomic E-state index is 13.3. The van der Waals surface area contributed by atoms with E-state index in [0.29, 0.717) is 10.8 Å². The molecule has 2 aromatic heterocycles. The first kappa shape index (κ1) is 18.8. The summed E-state index contributed by atoms with van der Waals surface area (Å²) in [6.45, 7) is -0.0413. The third-order valence-corrected chi connectivity index (χ3v) is 5.51. The number of aromatic nitrogens is 3. The van der Waals surface area contributed by atoms with Crippen molar-refractivity contribution in [3.8, 4) is 0 Å². The van der Waals surface area contributed by atoms with Gasteiger partial charge in [0.15, 0.2) is 10.8 Å². The molecule has 1 fully saturated rings. The fraction of sp³-hybridized carbons (Fsp3) is 0.316. The maximum Gasteiger partial charge on any atom is 0.416 e. The summed E-state index contributed by atoms with van der Waals surface area (Å²) >= 11 is 1.23. The van der Waals surface area contributed by atoms with Crippen molar-refractivity contribution in [3.63, 3.8) is 0 Å². The Bertz CT molecular complexity index is 1000. The normalized spacial score (nSPS) is 14.4. The minimum atomic E-state index is -4.44. The first-order valence-electron chi connectivity index (χ1n) is 8.80. The molecule has 1 aliphatic rings. The summed E-state index contributed by atoms with van der Waals surface area (Å²) in [7, 11) is 0. The van der Waals surface area contributed by atoms with Gasteiger partial charge in [-0.05, 0) is 36.6 Å². The number of benzene rings is 1. The van der Waals surface area contributed by atoms with Gasteiger partial charge in [-0.1, -0.05) is 36.0 Å². The van der Waals surface area contributed by atoms with Crippen LogP contribution in [0.3, 0.4) is 0 Å². The summed E-state index contributed by atoms with van der Waals surface area (Å²) < 4.78 is 41.6. The summed E-state index contributed by atoms with van der Waals surface area (Å²) in [5, 5.41) is 8.69. The highest BCUT2D eigenvalue weighted by Crippen LogP contribution is 2.35. The molecule has 1 saturated carbocycles. The van der Waals surface area contributed by atoms with Crippen LogP contribution in [0.4, 0.5) is 13.2 Å². The van der Waals surface area contributed by atoms with Gasteiger partial charge in [-0.2, -0.15) is 13.2 Å². The van der Waals surface area contributed by atoms with Crippen LogP contribution < -0.4 is 0 Å². The number of alkyl halides is 3. The third kappa shape index (κ3) is 3.99. The predicted molar refractivity (Wildman–Crippen MR) is 98.7 cm³/mol. The lowest BCUT2D eigenvalue weighted by Gasteiger charge is -2.24. The highest BCUT2D eigenvalue weighted by atomic mass is 32.2. The second-order valence-electron chi connectivity index (χ2n) is 6.61. The Balaban J connectivity index is 1.49. The van der Waals surface area contributed by atoms with Crippen LogP contribution in [-0.2, 0) is 17.5 Å². The molecule has 0 saturated heterocycles. The van der Waals surface area contributed by atoms with Crippen LogP contribution in [0, 0.1) is 0 Å². The summed E-state index contributed by atoms with van der Waals surface area (Å²) in [6.07, 6.45) is -0.999. The van der Waals surface area contributed by atoms with Gasteiger partial charge in [0.05, 0.1) is 11.3 Å². The summed E-state index contributed by atoms with van der Waals surface area (Å²) in [5.74, 6) is -0.0995. The Morgan fingerprint density at radius 1 is 1.14 bits per heavy atom. The number of rotatable bonds is 6. The van der Waals surface area contributed by atoms with E-state index in [1.54, 1.807) is 21.6 Å². The Labute approximate surface area is 163 Å². The fourth-order valence-electron chi connectivity index (χ4n) is 3.05. The monoisotopic (exact) mass is 406 g/mol. The van der Waals surface area contributed by atoms with Gasteiger partial charge in [-0.25, -0.2) is 0 Å². The SMILES string of the molecule is O=C(CSc1nnc2ccccn12)N(Cc1ccccc1C(F)(F)F)C1CC1. The van der Waals surface area contributed by atoms with E-state index < -0.39 is 11.7 Å².